The number of carbonyl (C=O) groups is 1. The Bertz CT molecular complexity index is 695. The van der Waals surface area contributed by atoms with Crippen molar-refractivity contribution < 1.29 is 4.79 Å². The van der Waals surface area contributed by atoms with Crippen LogP contribution in [0.2, 0.25) is 4.47 Å². The molecule has 1 heterocycles. The molecule has 1 aliphatic rings. The van der Waals surface area contributed by atoms with Crippen LogP contribution in [0.1, 0.15) is 36.1 Å². The molecule has 0 atom stereocenters. The van der Waals surface area contributed by atoms with E-state index in [1.54, 1.807) is 6.20 Å². The van der Waals surface area contributed by atoms with Crippen molar-refractivity contribution in [3.8, 4) is 0 Å². The maximum absolute atomic E-state index is 12.2. The first kappa shape index (κ1) is 16.3. The van der Waals surface area contributed by atoms with Crippen LogP contribution in [0.15, 0.2) is 24.4 Å². The molecular weight excluding hydrogens is 330 g/mol. The van der Waals surface area contributed by atoms with Gasteiger partial charge in [0.2, 0.25) is 5.91 Å². The number of benzene rings is 1. The van der Waals surface area contributed by atoms with E-state index in [-0.39, 0.29) is 11.8 Å². The van der Waals surface area contributed by atoms with E-state index in [1.165, 1.54) is 11.3 Å². The van der Waals surface area contributed by atoms with E-state index in [9.17, 15) is 4.79 Å². The van der Waals surface area contributed by atoms with Crippen LogP contribution in [-0.4, -0.2) is 10.9 Å². The number of anilines is 2. The molecule has 23 heavy (non-hydrogen) atoms. The molecule has 2 aromatic rings. The third kappa shape index (κ3) is 4.24. The average molecular weight is 350 g/mol. The minimum Gasteiger partial charge on any atom is -0.380 e. The van der Waals surface area contributed by atoms with Crippen molar-refractivity contribution >= 4 is 40.2 Å². The number of nitrogens with one attached hydrogen (secondary N) is 2. The Labute approximate surface area is 145 Å². The molecular formula is C17H20ClN3OS. The number of halogens is 1. The first-order chi connectivity index (χ1) is 11.1. The fourth-order valence-corrected chi connectivity index (χ4v) is 3.79. The van der Waals surface area contributed by atoms with Crippen LogP contribution >= 0.6 is 22.9 Å². The van der Waals surface area contributed by atoms with Crippen LogP contribution < -0.4 is 10.6 Å². The summed E-state index contributed by atoms with van der Waals surface area (Å²) >= 11 is 7.32. The van der Waals surface area contributed by atoms with Crippen LogP contribution in [-0.2, 0) is 11.3 Å². The molecule has 1 saturated carbocycles. The maximum Gasteiger partial charge on any atom is 0.227 e. The minimum absolute atomic E-state index is 0.145. The van der Waals surface area contributed by atoms with E-state index in [1.807, 2.05) is 25.1 Å². The van der Waals surface area contributed by atoms with Crippen LogP contribution in [0.3, 0.4) is 0 Å². The highest BCUT2D eigenvalue weighted by Crippen LogP contribution is 2.27. The lowest BCUT2D eigenvalue weighted by atomic mass is 10.1. The van der Waals surface area contributed by atoms with Crippen molar-refractivity contribution in [2.24, 2.45) is 5.92 Å². The van der Waals surface area contributed by atoms with E-state index < -0.39 is 0 Å². The summed E-state index contributed by atoms with van der Waals surface area (Å²) in [5.74, 6) is 0.318. The van der Waals surface area contributed by atoms with E-state index in [2.05, 4.69) is 15.6 Å². The van der Waals surface area contributed by atoms with Gasteiger partial charge >= 0.3 is 0 Å². The van der Waals surface area contributed by atoms with Crippen molar-refractivity contribution in [2.75, 3.05) is 10.6 Å². The lowest BCUT2D eigenvalue weighted by Gasteiger charge is -2.14. The molecule has 3 rings (SSSR count). The predicted octanol–water partition coefficient (Wildman–Crippen LogP) is 4.85. The number of aromatic nitrogens is 1. The second-order valence-corrected chi connectivity index (χ2v) is 7.63. The summed E-state index contributed by atoms with van der Waals surface area (Å²) in [6.45, 7) is 2.72. The van der Waals surface area contributed by atoms with Gasteiger partial charge in [-0.15, -0.1) is 11.3 Å². The Kier molecular flexibility index (Phi) is 5.18. The monoisotopic (exact) mass is 349 g/mol. The van der Waals surface area contributed by atoms with Gasteiger partial charge in [-0.2, -0.15) is 0 Å². The molecule has 1 aliphatic carbocycles. The molecule has 122 valence electrons. The number of aryl methyl sites for hydroxylation is 1. The standard InChI is InChI=1S/C17H20ClN3OS/c1-11-6-7-13(21-16(22)12-4-2-3-5-12)8-15(11)19-9-14-10-20-17(18)23-14/h6-8,10,12,19H,2-5,9H2,1H3,(H,21,22). The van der Waals surface area contributed by atoms with Crippen LogP contribution in [0.5, 0.6) is 0 Å². The molecule has 0 radical (unpaired) electrons. The number of nitrogens with zero attached hydrogens (tertiary/aromatic N) is 1. The van der Waals surface area contributed by atoms with Crippen molar-refractivity contribution in [2.45, 2.75) is 39.2 Å². The number of carbonyl (C=O) groups excluding carboxylic acids is 1. The molecule has 0 unspecified atom stereocenters. The molecule has 0 saturated heterocycles. The van der Waals surface area contributed by atoms with E-state index in [0.29, 0.717) is 11.0 Å². The first-order valence-corrected chi connectivity index (χ1v) is 9.07. The number of hydrogen-bond acceptors (Lipinski definition) is 4. The highest BCUT2D eigenvalue weighted by atomic mass is 35.5. The van der Waals surface area contributed by atoms with Crippen molar-refractivity contribution in [1.29, 1.82) is 0 Å². The zero-order valence-corrected chi connectivity index (χ0v) is 14.6. The Balaban J connectivity index is 1.64. The Hall–Kier alpha value is -1.59. The molecule has 1 amide bonds. The number of rotatable bonds is 5. The van der Waals surface area contributed by atoms with Gasteiger partial charge in [0.25, 0.3) is 0 Å². The topological polar surface area (TPSA) is 54.0 Å². The van der Waals surface area contributed by atoms with Gasteiger partial charge in [0.15, 0.2) is 4.47 Å². The lowest BCUT2D eigenvalue weighted by molar-refractivity contribution is -0.119. The number of hydrogen-bond donors (Lipinski definition) is 2. The molecule has 4 nitrogen and oxygen atoms in total. The molecule has 2 N–H and O–H groups in total. The van der Waals surface area contributed by atoms with Crippen molar-refractivity contribution in [3.05, 3.63) is 39.3 Å². The van der Waals surface area contributed by atoms with Gasteiger partial charge in [-0.05, 0) is 37.5 Å². The van der Waals surface area contributed by atoms with Gasteiger partial charge in [0.05, 0.1) is 6.54 Å². The molecule has 0 bridgehead atoms. The highest BCUT2D eigenvalue weighted by Gasteiger charge is 2.22. The van der Waals surface area contributed by atoms with Crippen LogP contribution in [0, 0.1) is 12.8 Å². The van der Waals surface area contributed by atoms with E-state index >= 15 is 0 Å². The predicted molar refractivity (Wildman–Crippen MR) is 96.2 cm³/mol. The summed E-state index contributed by atoms with van der Waals surface area (Å²) in [5, 5.41) is 6.43. The van der Waals surface area contributed by atoms with E-state index in [0.717, 1.165) is 47.5 Å². The van der Waals surface area contributed by atoms with Gasteiger partial charge in [0, 0.05) is 28.4 Å². The molecule has 0 aliphatic heterocycles. The summed E-state index contributed by atoms with van der Waals surface area (Å²) in [5.41, 5.74) is 3.00. The second kappa shape index (κ2) is 7.32. The zero-order valence-electron chi connectivity index (χ0n) is 13.1. The van der Waals surface area contributed by atoms with Crippen LogP contribution in [0.25, 0.3) is 0 Å². The lowest BCUT2D eigenvalue weighted by Crippen LogP contribution is -2.20. The Morgan fingerprint density at radius 1 is 1.39 bits per heavy atom. The largest absolute Gasteiger partial charge is 0.380 e. The maximum atomic E-state index is 12.2. The minimum atomic E-state index is 0.145. The van der Waals surface area contributed by atoms with Crippen molar-refractivity contribution in [3.63, 3.8) is 0 Å². The first-order valence-electron chi connectivity index (χ1n) is 7.87. The quantitative estimate of drug-likeness (QED) is 0.811. The van der Waals surface area contributed by atoms with Crippen LogP contribution in [0.4, 0.5) is 11.4 Å². The zero-order chi connectivity index (χ0) is 16.2. The molecule has 1 aromatic carbocycles. The van der Waals surface area contributed by atoms with Gasteiger partial charge in [-0.1, -0.05) is 30.5 Å². The summed E-state index contributed by atoms with van der Waals surface area (Å²) in [7, 11) is 0. The summed E-state index contributed by atoms with van der Waals surface area (Å²) in [6, 6.07) is 5.97. The average Bonchev–Trinajstić information content (AvgIpc) is 3.19. The Morgan fingerprint density at radius 3 is 2.87 bits per heavy atom. The van der Waals surface area contributed by atoms with Gasteiger partial charge < -0.3 is 10.6 Å². The van der Waals surface area contributed by atoms with Gasteiger partial charge in [-0.3, -0.25) is 4.79 Å². The van der Waals surface area contributed by atoms with E-state index in [4.69, 9.17) is 11.6 Å². The molecule has 1 aromatic heterocycles. The highest BCUT2D eigenvalue weighted by molar-refractivity contribution is 7.15. The molecule has 0 spiro atoms. The number of amides is 1. The molecule has 6 heteroatoms. The summed E-state index contributed by atoms with van der Waals surface area (Å²) in [6.07, 6.45) is 6.12. The van der Waals surface area contributed by atoms with Gasteiger partial charge in [0.1, 0.15) is 0 Å². The molecule has 1 fully saturated rings. The number of thiazole rings is 1. The fourth-order valence-electron chi connectivity index (χ4n) is 2.87. The smallest absolute Gasteiger partial charge is 0.227 e. The third-order valence-electron chi connectivity index (χ3n) is 4.21. The normalized spacial score (nSPS) is 14.9. The Morgan fingerprint density at radius 2 is 2.17 bits per heavy atom. The fraction of sp³-hybridized carbons (Fsp3) is 0.412. The SMILES string of the molecule is Cc1ccc(NC(=O)C2CCCC2)cc1NCc1cnc(Cl)s1. The summed E-state index contributed by atoms with van der Waals surface area (Å²) < 4.78 is 0.552. The summed E-state index contributed by atoms with van der Waals surface area (Å²) in [4.78, 5) is 17.4. The van der Waals surface area contributed by atoms with Gasteiger partial charge in [-0.25, -0.2) is 4.98 Å². The van der Waals surface area contributed by atoms with Crippen molar-refractivity contribution in [1.82, 2.24) is 4.98 Å². The second-order valence-electron chi connectivity index (χ2n) is 5.93. The third-order valence-corrected chi connectivity index (χ3v) is 5.32.